The number of aromatic nitrogens is 2. The van der Waals surface area contributed by atoms with Crippen LogP contribution in [-0.4, -0.2) is 32.5 Å². The van der Waals surface area contributed by atoms with Crippen LogP contribution in [0.25, 0.3) is 16.6 Å². The highest BCUT2D eigenvalue weighted by Gasteiger charge is 2.30. The van der Waals surface area contributed by atoms with E-state index in [4.69, 9.17) is 0 Å². The molecule has 2 aromatic carbocycles. The molecule has 0 fully saturated rings. The number of carbonyl (C=O) groups excluding carboxylic acids is 1. The Labute approximate surface area is 128 Å². The molecule has 0 saturated carbocycles. The van der Waals surface area contributed by atoms with Gasteiger partial charge >= 0.3 is 7.12 Å². The fourth-order valence-corrected chi connectivity index (χ4v) is 2.75. The summed E-state index contributed by atoms with van der Waals surface area (Å²) in [6, 6.07) is 7.73. The Hall–Kier alpha value is -2.84. The minimum absolute atomic E-state index is 0.0762. The SMILES string of the molecule is O=C1c2cc(F)ccc2-n2c1nc1ccc(B(O)O)cc1c2=O. The van der Waals surface area contributed by atoms with E-state index in [0.29, 0.717) is 0 Å². The standard InChI is InChI=1S/C15H8BFN2O4/c17-8-2-4-12-10(6-8)13(20)14-18-11-3-1-7(16(22)23)5-9(11)15(21)19(12)14/h1-6,22-23H. The molecule has 0 radical (unpaired) electrons. The molecule has 1 aliphatic heterocycles. The minimum Gasteiger partial charge on any atom is -0.423 e. The van der Waals surface area contributed by atoms with Gasteiger partial charge in [-0.2, -0.15) is 0 Å². The van der Waals surface area contributed by atoms with Gasteiger partial charge in [0.15, 0.2) is 5.82 Å². The van der Waals surface area contributed by atoms with Crippen LogP contribution in [0.5, 0.6) is 0 Å². The Morgan fingerprint density at radius 3 is 2.61 bits per heavy atom. The Bertz CT molecular complexity index is 1060. The molecule has 0 saturated heterocycles. The van der Waals surface area contributed by atoms with Gasteiger partial charge in [0, 0.05) is 0 Å². The maximum atomic E-state index is 13.4. The Kier molecular flexibility index (Phi) is 2.75. The summed E-state index contributed by atoms with van der Waals surface area (Å²) in [6.45, 7) is 0. The van der Waals surface area contributed by atoms with Crippen LogP contribution in [0, 0.1) is 5.82 Å². The van der Waals surface area contributed by atoms with Gasteiger partial charge in [-0.3, -0.25) is 14.2 Å². The van der Waals surface area contributed by atoms with Crippen LogP contribution in [0.15, 0.2) is 41.2 Å². The van der Waals surface area contributed by atoms with Gasteiger partial charge < -0.3 is 10.0 Å². The number of ketones is 1. The van der Waals surface area contributed by atoms with Crippen molar-refractivity contribution in [3.63, 3.8) is 0 Å². The van der Waals surface area contributed by atoms with E-state index < -0.39 is 24.3 Å². The highest BCUT2D eigenvalue weighted by molar-refractivity contribution is 6.58. The summed E-state index contributed by atoms with van der Waals surface area (Å²) in [5, 5.41) is 18.6. The predicted molar refractivity (Wildman–Crippen MR) is 80.6 cm³/mol. The van der Waals surface area contributed by atoms with Gasteiger partial charge in [0.2, 0.25) is 5.78 Å². The molecule has 0 bridgehead atoms. The van der Waals surface area contributed by atoms with E-state index in [1.54, 1.807) is 0 Å². The second-order valence-electron chi connectivity index (χ2n) is 5.22. The molecule has 0 aliphatic carbocycles. The minimum atomic E-state index is -1.72. The van der Waals surface area contributed by atoms with Crippen molar-refractivity contribution in [1.82, 2.24) is 9.55 Å². The third kappa shape index (κ3) is 1.86. The molecule has 1 aromatic heterocycles. The summed E-state index contributed by atoms with van der Waals surface area (Å²) in [6.07, 6.45) is 0. The second kappa shape index (κ2) is 4.58. The summed E-state index contributed by atoms with van der Waals surface area (Å²) in [4.78, 5) is 29.2. The third-order valence-electron chi connectivity index (χ3n) is 3.84. The van der Waals surface area contributed by atoms with E-state index in [9.17, 15) is 24.0 Å². The van der Waals surface area contributed by atoms with Crippen molar-refractivity contribution in [2.24, 2.45) is 0 Å². The molecule has 3 aromatic rings. The molecule has 4 rings (SSSR count). The molecule has 0 spiro atoms. The van der Waals surface area contributed by atoms with Crippen molar-refractivity contribution < 1.29 is 19.2 Å². The van der Waals surface area contributed by atoms with E-state index in [1.165, 1.54) is 24.3 Å². The van der Waals surface area contributed by atoms with Crippen molar-refractivity contribution in [2.45, 2.75) is 0 Å². The summed E-state index contributed by atoms with van der Waals surface area (Å²) in [5.74, 6) is -1.18. The number of nitrogens with zero attached hydrogens (tertiary/aromatic N) is 2. The van der Waals surface area contributed by atoms with Crippen LogP contribution >= 0.6 is 0 Å². The quantitative estimate of drug-likeness (QED) is 0.473. The van der Waals surface area contributed by atoms with E-state index in [-0.39, 0.29) is 33.4 Å². The van der Waals surface area contributed by atoms with Crippen LogP contribution in [0.1, 0.15) is 16.2 Å². The van der Waals surface area contributed by atoms with Gasteiger partial charge in [-0.05, 0) is 35.8 Å². The average molecular weight is 310 g/mol. The van der Waals surface area contributed by atoms with Crippen molar-refractivity contribution in [2.75, 3.05) is 0 Å². The third-order valence-corrected chi connectivity index (χ3v) is 3.84. The van der Waals surface area contributed by atoms with Crippen molar-refractivity contribution in [1.29, 1.82) is 0 Å². The van der Waals surface area contributed by atoms with Crippen molar-refractivity contribution in [3.8, 4) is 5.69 Å². The topological polar surface area (TPSA) is 92.4 Å². The number of rotatable bonds is 1. The Morgan fingerprint density at radius 1 is 1.09 bits per heavy atom. The summed E-state index contributed by atoms with van der Waals surface area (Å²) in [5.41, 5.74) is 0.215. The fraction of sp³-hybridized carbons (Fsp3) is 0. The van der Waals surface area contributed by atoms with Gasteiger partial charge in [0.1, 0.15) is 5.82 Å². The van der Waals surface area contributed by atoms with Crippen molar-refractivity contribution >= 4 is 29.3 Å². The molecule has 0 atom stereocenters. The molecular weight excluding hydrogens is 302 g/mol. The maximum Gasteiger partial charge on any atom is 0.488 e. The molecule has 1 aliphatic rings. The zero-order valence-electron chi connectivity index (χ0n) is 11.5. The maximum absolute atomic E-state index is 13.4. The van der Waals surface area contributed by atoms with Gasteiger partial charge in [-0.1, -0.05) is 6.07 Å². The van der Waals surface area contributed by atoms with Gasteiger partial charge in [0.05, 0.1) is 22.2 Å². The lowest BCUT2D eigenvalue weighted by Gasteiger charge is -2.07. The molecule has 112 valence electrons. The molecule has 6 nitrogen and oxygen atoms in total. The van der Waals surface area contributed by atoms with Crippen LogP contribution < -0.4 is 11.0 Å². The molecule has 2 N–H and O–H groups in total. The largest absolute Gasteiger partial charge is 0.488 e. The molecule has 8 heteroatoms. The molecule has 23 heavy (non-hydrogen) atoms. The van der Waals surface area contributed by atoms with E-state index in [1.807, 2.05) is 0 Å². The lowest BCUT2D eigenvalue weighted by molar-refractivity contribution is 0.103. The van der Waals surface area contributed by atoms with Gasteiger partial charge in [-0.15, -0.1) is 0 Å². The molecule has 2 heterocycles. The van der Waals surface area contributed by atoms with E-state index >= 15 is 0 Å². The van der Waals surface area contributed by atoms with Gasteiger partial charge in [0.25, 0.3) is 5.56 Å². The lowest BCUT2D eigenvalue weighted by atomic mass is 9.80. The number of carbonyl (C=O) groups is 1. The van der Waals surface area contributed by atoms with Crippen LogP contribution in [-0.2, 0) is 0 Å². The first kappa shape index (κ1) is 13.8. The van der Waals surface area contributed by atoms with Crippen LogP contribution in [0.3, 0.4) is 0 Å². The number of fused-ring (bicyclic) bond motifs is 4. The smallest absolute Gasteiger partial charge is 0.423 e. The highest BCUT2D eigenvalue weighted by atomic mass is 19.1. The van der Waals surface area contributed by atoms with Crippen LogP contribution in [0.2, 0.25) is 0 Å². The van der Waals surface area contributed by atoms with Crippen LogP contribution in [0.4, 0.5) is 4.39 Å². The number of benzene rings is 2. The average Bonchev–Trinajstić information content (AvgIpc) is 2.80. The van der Waals surface area contributed by atoms with Crippen molar-refractivity contribution in [3.05, 3.63) is 64.0 Å². The molecular formula is C15H8BFN2O4. The monoisotopic (exact) mass is 310 g/mol. The first-order valence-corrected chi connectivity index (χ1v) is 6.75. The molecule has 0 unspecified atom stereocenters. The highest BCUT2D eigenvalue weighted by Crippen LogP contribution is 2.26. The number of hydrogen-bond acceptors (Lipinski definition) is 5. The summed E-state index contributed by atoms with van der Waals surface area (Å²) < 4.78 is 14.5. The number of halogens is 1. The van der Waals surface area contributed by atoms with E-state index in [0.717, 1.165) is 16.7 Å². The zero-order valence-corrected chi connectivity index (χ0v) is 11.5. The van der Waals surface area contributed by atoms with Gasteiger partial charge in [-0.25, -0.2) is 9.37 Å². The fourth-order valence-electron chi connectivity index (χ4n) is 2.75. The molecule has 0 amide bonds. The predicted octanol–water partition coefficient (Wildman–Crippen LogP) is -0.251. The second-order valence-corrected chi connectivity index (χ2v) is 5.22. The lowest BCUT2D eigenvalue weighted by Crippen LogP contribution is -2.31. The normalized spacial score (nSPS) is 12.4. The Balaban J connectivity index is 2.10. The van der Waals surface area contributed by atoms with E-state index in [2.05, 4.69) is 4.98 Å². The zero-order chi connectivity index (χ0) is 16.3. The summed E-state index contributed by atoms with van der Waals surface area (Å²) >= 11 is 0. The first-order valence-electron chi connectivity index (χ1n) is 6.75. The Morgan fingerprint density at radius 2 is 1.87 bits per heavy atom. The first-order chi connectivity index (χ1) is 11.0. The number of hydrogen-bond donors (Lipinski definition) is 2. The summed E-state index contributed by atoms with van der Waals surface area (Å²) in [7, 11) is -1.72.